The minimum atomic E-state index is 0.283. The number of rotatable bonds is 6. The highest BCUT2D eigenvalue weighted by Crippen LogP contribution is 2.38. The summed E-state index contributed by atoms with van der Waals surface area (Å²) in [7, 11) is 0. The topological polar surface area (TPSA) is 102 Å². The molecule has 1 amide bonds. The van der Waals surface area contributed by atoms with Gasteiger partial charge in [0.2, 0.25) is 5.91 Å². The zero-order chi connectivity index (χ0) is 23.8. The zero-order valence-electron chi connectivity index (χ0n) is 20.3. The summed E-state index contributed by atoms with van der Waals surface area (Å²) in [5, 5.41) is 15.3. The molecule has 0 aromatic carbocycles. The molecule has 9 heteroatoms. The number of fused-ring (bicyclic) bond motifs is 3. The van der Waals surface area contributed by atoms with Crippen molar-refractivity contribution in [2.75, 3.05) is 30.3 Å². The standard InChI is InChI=1S/C26H34N8O/c1-17-12-24(32-31-17)29-23-15-22-21(6-5-9-27-22)26(30-23)28-18-13-19-7-8-20(14-18)34(19)25(35)16-33-10-3-2-4-11-33/h5-6,9,12,15,18-20H,2-4,7-8,10-11,13-14,16H2,1H3,(H3,28,29,30,31,32)/t18?,19-,20?/m0/s1. The van der Waals surface area contributed by atoms with E-state index in [1.165, 1.54) is 19.3 Å². The van der Waals surface area contributed by atoms with Crippen LogP contribution in [0.4, 0.5) is 17.5 Å². The van der Waals surface area contributed by atoms with Crippen molar-refractivity contribution < 1.29 is 4.79 Å². The first kappa shape index (κ1) is 22.3. The number of pyridine rings is 2. The molecule has 2 unspecified atom stereocenters. The Bertz CT molecular complexity index is 1190. The predicted octanol–water partition coefficient (Wildman–Crippen LogP) is 3.82. The molecule has 0 aliphatic carbocycles. The van der Waals surface area contributed by atoms with Crippen LogP contribution in [0.25, 0.3) is 10.9 Å². The van der Waals surface area contributed by atoms with E-state index in [0.29, 0.717) is 30.4 Å². The SMILES string of the molecule is Cc1cc(Nc2cc3ncccc3c(NC3CC4CC[C@@H](C3)N4C(=O)CN3CCCCC3)n2)n[nH]1. The molecule has 3 N–H and O–H groups in total. The van der Waals surface area contributed by atoms with Gasteiger partial charge in [-0.3, -0.25) is 19.8 Å². The molecule has 184 valence electrons. The molecule has 3 aromatic heterocycles. The summed E-state index contributed by atoms with van der Waals surface area (Å²) in [5.74, 6) is 2.60. The number of nitrogens with zero attached hydrogens (tertiary/aromatic N) is 5. The van der Waals surface area contributed by atoms with Crippen molar-refractivity contribution in [3.05, 3.63) is 36.2 Å². The monoisotopic (exact) mass is 474 g/mol. The minimum Gasteiger partial charge on any atom is -0.367 e. The summed E-state index contributed by atoms with van der Waals surface area (Å²) < 4.78 is 0. The van der Waals surface area contributed by atoms with Gasteiger partial charge < -0.3 is 15.5 Å². The van der Waals surface area contributed by atoms with Crippen LogP contribution < -0.4 is 10.6 Å². The number of H-pyrrole nitrogens is 1. The van der Waals surface area contributed by atoms with Crippen molar-refractivity contribution in [1.29, 1.82) is 0 Å². The van der Waals surface area contributed by atoms with Gasteiger partial charge in [-0.15, -0.1) is 0 Å². The van der Waals surface area contributed by atoms with Crippen molar-refractivity contribution in [2.24, 2.45) is 0 Å². The van der Waals surface area contributed by atoms with E-state index in [2.05, 4.69) is 41.7 Å². The van der Waals surface area contributed by atoms with Crippen LogP contribution in [0.1, 0.15) is 50.6 Å². The van der Waals surface area contributed by atoms with Crippen molar-refractivity contribution in [1.82, 2.24) is 30.0 Å². The number of nitrogens with one attached hydrogen (secondary N) is 3. The Morgan fingerprint density at radius 2 is 1.91 bits per heavy atom. The second-order valence-corrected chi connectivity index (χ2v) is 10.3. The quantitative estimate of drug-likeness (QED) is 0.499. The van der Waals surface area contributed by atoms with Gasteiger partial charge >= 0.3 is 0 Å². The molecule has 3 atom stereocenters. The molecule has 0 radical (unpaired) electrons. The molecule has 3 saturated heterocycles. The Labute approximate surface area is 205 Å². The van der Waals surface area contributed by atoms with Gasteiger partial charge in [0.05, 0.1) is 12.1 Å². The first-order chi connectivity index (χ1) is 17.1. The number of amides is 1. The highest BCUT2D eigenvalue weighted by Gasteiger charge is 2.43. The second-order valence-electron chi connectivity index (χ2n) is 10.3. The molecule has 35 heavy (non-hydrogen) atoms. The Morgan fingerprint density at radius 1 is 1.11 bits per heavy atom. The number of aryl methyl sites for hydroxylation is 1. The maximum Gasteiger partial charge on any atom is 0.237 e. The summed E-state index contributed by atoms with van der Waals surface area (Å²) in [6.07, 6.45) is 9.66. The molecule has 3 aliphatic heterocycles. The number of carbonyl (C=O) groups excluding carboxylic acids is 1. The number of aromatic nitrogens is 4. The first-order valence-corrected chi connectivity index (χ1v) is 13.0. The molecular formula is C26H34N8O. The van der Waals surface area contributed by atoms with Crippen LogP contribution >= 0.6 is 0 Å². The smallest absolute Gasteiger partial charge is 0.237 e. The minimum absolute atomic E-state index is 0.283. The lowest BCUT2D eigenvalue weighted by Crippen LogP contribution is -2.52. The highest BCUT2D eigenvalue weighted by atomic mass is 16.2. The second kappa shape index (κ2) is 9.45. The molecule has 0 saturated carbocycles. The van der Waals surface area contributed by atoms with Crippen molar-refractivity contribution in [3.63, 3.8) is 0 Å². The first-order valence-electron chi connectivity index (χ1n) is 13.0. The van der Waals surface area contributed by atoms with E-state index in [1.807, 2.05) is 25.1 Å². The fraction of sp³-hybridized carbons (Fsp3) is 0.538. The lowest BCUT2D eigenvalue weighted by Gasteiger charge is -2.40. The Morgan fingerprint density at radius 3 is 2.66 bits per heavy atom. The largest absolute Gasteiger partial charge is 0.367 e. The normalized spacial score (nSPS) is 24.6. The summed E-state index contributed by atoms with van der Waals surface area (Å²) in [6, 6.07) is 8.84. The van der Waals surface area contributed by atoms with Gasteiger partial charge in [-0.05, 0) is 70.7 Å². The Kier molecular flexibility index (Phi) is 6.01. The van der Waals surface area contributed by atoms with E-state index in [9.17, 15) is 4.79 Å². The van der Waals surface area contributed by atoms with E-state index in [0.717, 1.165) is 67.0 Å². The van der Waals surface area contributed by atoms with E-state index >= 15 is 0 Å². The fourth-order valence-electron chi connectivity index (χ4n) is 6.15. The molecule has 6 rings (SSSR count). The average Bonchev–Trinajstić information content (AvgIpc) is 3.39. The van der Waals surface area contributed by atoms with E-state index in [1.54, 1.807) is 6.20 Å². The van der Waals surface area contributed by atoms with Crippen LogP contribution in [0, 0.1) is 6.92 Å². The number of hydrogen-bond acceptors (Lipinski definition) is 7. The van der Waals surface area contributed by atoms with Crippen molar-refractivity contribution >= 4 is 34.3 Å². The van der Waals surface area contributed by atoms with Crippen LogP contribution in [0.15, 0.2) is 30.5 Å². The van der Waals surface area contributed by atoms with Crippen LogP contribution in [0.3, 0.4) is 0 Å². The maximum absolute atomic E-state index is 13.2. The van der Waals surface area contributed by atoms with Crippen LogP contribution in [-0.2, 0) is 4.79 Å². The zero-order valence-corrected chi connectivity index (χ0v) is 20.3. The molecule has 9 nitrogen and oxygen atoms in total. The molecule has 6 heterocycles. The number of anilines is 3. The highest BCUT2D eigenvalue weighted by molar-refractivity contribution is 5.91. The van der Waals surface area contributed by atoms with Gasteiger partial charge in [0, 0.05) is 47.5 Å². The van der Waals surface area contributed by atoms with Gasteiger partial charge in [0.1, 0.15) is 11.6 Å². The fourth-order valence-corrected chi connectivity index (χ4v) is 6.15. The molecule has 2 bridgehead atoms. The average molecular weight is 475 g/mol. The number of likely N-dealkylation sites (tertiary alicyclic amines) is 1. The third kappa shape index (κ3) is 4.69. The van der Waals surface area contributed by atoms with E-state index in [4.69, 9.17) is 4.98 Å². The number of aromatic amines is 1. The van der Waals surface area contributed by atoms with Crippen LogP contribution in [0.2, 0.25) is 0 Å². The van der Waals surface area contributed by atoms with Gasteiger partial charge in [-0.25, -0.2) is 4.98 Å². The summed E-state index contributed by atoms with van der Waals surface area (Å²) in [5.41, 5.74) is 1.87. The van der Waals surface area contributed by atoms with Gasteiger partial charge in [-0.2, -0.15) is 5.10 Å². The van der Waals surface area contributed by atoms with Gasteiger partial charge in [-0.1, -0.05) is 6.42 Å². The third-order valence-corrected chi connectivity index (χ3v) is 7.73. The van der Waals surface area contributed by atoms with Crippen molar-refractivity contribution in [2.45, 2.75) is 70.0 Å². The lowest BCUT2D eigenvalue weighted by molar-refractivity contribution is -0.137. The van der Waals surface area contributed by atoms with E-state index in [-0.39, 0.29) is 6.04 Å². The van der Waals surface area contributed by atoms with Crippen LogP contribution in [0.5, 0.6) is 0 Å². The number of carbonyl (C=O) groups is 1. The summed E-state index contributed by atoms with van der Waals surface area (Å²) in [4.78, 5) is 27.2. The Balaban J connectivity index is 1.17. The molecule has 0 spiro atoms. The molecule has 3 aromatic rings. The van der Waals surface area contributed by atoms with Gasteiger partial charge in [0.25, 0.3) is 0 Å². The van der Waals surface area contributed by atoms with Crippen molar-refractivity contribution in [3.8, 4) is 0 Å². The summed E-state index contributed by atoms with van der Waals surface area (Å²) in [6.45, 7) is 4.68. The molecular weight excluding hydrogens is 440 g/mol. The van der Waals surface area contributed by atoms with Gasteiger partial charge in [0.15, 0.2) is 5.82 Å². The summed E-state index contributed by atoms with van der Waals surface area (Å²) >= 11 is 0. The van der Waals surface area contributed by atoms with Crippen LogP contribution in [-0.4, -0.2) is 73.6 Å². The number of hydrogen-bond donors (Lipinski definition) is 3. The Hall–Kier alpha value is -3.20. The van der Waals surface area contributed by atoms with E-state index < -0.39 is 0 Å². The third-order valence-electron chi connectivity index (χ3n) is 7.73. The maximum atomic E-state index is 13.2. The predicted molar refractivity (Wildman–Crippen MR) is 137 cm³/mol. The lowest BCUT2D eigenvalue weighted by atomic mass is 9.96. The number of piperidine rings is 2. The molecule has 3 aliphatic rings. The molecule has 3 fully saturated rings.